The fourth-order valence-corrected chi connectivity index (χ4v) is 3.67. The molecule has 6 nitrogen and oxygen atoms in total. The van der Waals surface area contributed by atoms with Gasteiger partial charge in [0, 0.05) is 17.8 Å². The molecule has 0 saturated heterocycles. The maximum Gasteiger partial charge on any atom is 0.416 e. The number of aryl methyl sites for hydroxylation is 1. The van der Waals surface area contributed by atoms with Crippen LogP contribution < -0.4 is 20.1 Å². The molecule has 2 heterocycles. The zero-order chi connectivity index (χ0) is 23.2. The first-order valence-electron chi connectivity index (χ1n) is 9.44. The lowest BCUT2D eigenvalue weighted by molar-refractivity contribution is -0.137. The van der Waals surface area contributed by atoms with Crippen LogP contribution in [0.5, 0.6) is 5.75 Å². The first kappa shape index (κ1) is 21.4. The molecule has 1 aliphatic heterocycles. The Morgan fingerprint density at radius 3 is 2.28 bits per heavy atom. The number of pyridine rings is 1. The number of benzene rings is 2. The molecule has 0 unspecified atom stereocenters. The normalized spacial score (nSPS) is 13.9. The van der Waals surface area contributed by atoms with Gasteiger partial charge in [0.15, 0.2) is 0 Å². The van der Waals surface area contributed by atoms with E-state index in [4.69, 9.17) is 4.74 Å². The number of H-pyrrole nitrogens is 1. The summed E-state index contributed by atoms with van der Waals surface area (Å²) in [5, 5.41) is 0. The summed E-state index contributed by atoms with van der Waals surface area (Å²) < 4.78 is 59.1. The molecule has 0 fully saturated rings. The summed E-state index contributed by atoms with van der Waals surface area (Å²) >= 11 is 0. The highest BCUT2D eigenvalue weighted by molar-refractivity contribution is 6.13. The minimum atomic E-state index is -4.65. The van der Waals surface area contributed by atoms with E-state index in [1.54, 1.807) is 11.8 Å². The Hall–Kier alpha value is -3.82. The molecule has 10 heteroatoms. The number of carbonyl (C=O) groups is 1. The molecule has 3 aromatic rings. The van der Waals surface area contributed by atoms with Crippen LogP contribution in [-0.2, 0) is 6.18 Å². The van der Waals surface area contributed by atoms with Gasteiger partial charge in [0.1, 0.15) is 18.2 Å². The summed E-state index contributed by atoms with van der Waals surface area (Å²) in [6.45, 7) is 1.47. The van der Waals surface area contributed by atoms with E-state index in [-0.39, 0.29) is 29.2 Å². The Morgan fingerprint density at radius 1 is 0.938 bits per heavy atom. The van der Waals surface area contributed by atoms with Crippen molar-refractivity contribution in [3.63, 3.8) is 0 Å². The number of ether oxygens (including phenoxy) is 1. The number of nitrogens with zero attached hydrogens (tertiary/aromatic N) is 2. The van der Waals surface area contributed by atoms with Crippen molar-refractivity contribution in [2.24, 2.45) is 0 Å². The molecular formula is C22H17F4N3O3. The van der Waals surface area contributed by atoms with Crippen LogP contribution >= 0.6 is 0 Å². The van der Waals surface area contributed by atoms with E-state index in [0.717, 1.165) is 18.2 Å². The molecule has 0 saturated carbocycles. The van der Waals surface area contributed by atoms with Crippen molar-refractivity contribution in [2.75, 3.05) is 23.6 Å². The highest BCUT2D eigenvalue weighted by Gasteiger charge is 2.37. The number of rotatable bonds is 3. The minimum Gasteiger partial charge on any atom is -0.494 e. The highest BCUT2D eigenvalue weighted by Crippen LogP contribution is 2.42. The predicted octanol–water partition coefficient (Wildman–Crippen LogP) is 4.61. The summed E-state index contributed by atoms with van der Waals surface area (Å²) in [6, 6.07) is 9.27. The van der Waals surface area contributed by atoms with E-state index < -0.39 is 23.5 Å². The average molecular weight is 447 g/mol. The third-order valence-electron chi connectivity index (χ3n) is 5.18. The molecule has 32 heavy (non-hydrogen) atoms. The number of methoxy groups -OCH3 is 1. The molecule has 1 amide bonds. The predicted molar refractivity (Wildman–Crippen MR) is 110 cm³/mol. The van der Waals surface area contributed by atoms with Crippen LogP contribution in [0.25, 0.3) is 0 Å². The molecule has 2 aromatic carbocycles. The Kier molecular flexibility index (Phi) is 5.15. The molecular weight excluding hydrogens is 430 g/mol. The minimum absolute atomic E-state index is 0.105. The van der Waals surface area contributed by atoms with Crippen molar-refractivity contribution in [2.45, 2.75) is 13.1 Å². The van der Waals surface area contributed by atoms with E-state index in [1.165, 1.54) is 42.3 Å². The Labute approximate surface area is 179 Å². The van der Waals surface area contributed by atoms with Gasteiger partial charge in [0.25, 0.3) is 5.91 Å². The van der Waals surface area contributed by atoms with Crippen LogP contribution in [0.15, 0.2) is 53.3 Å². The van der Waals surface area contributed by atoms with E-state index in [1.807, 2.05) is 0 Å². The van der Waals surface area contributed by atoms with Gasteiger partial charge in [0.2, 0.25) is 5.56 Å². The Morgan fingerprint density at radius 2 is 1.62 bits per heavy atom. The highest BCUT2D eigenvalue weighted by atomic mass is 19.4. The fraction of sp³-hybridized carbons (Fsp3) is 0.182. The second-order valence-corrected chi connectivity index (χ2v) is 7.18. The number of nitrogens with one attached hydrogen (secondary N) is 1. The Balaban J connectivity index is 1.94. The standard InChI is InChI=1S/C22H17F4N3O3/c1-12-16(7-8-20(30)27-12)29-11-28(18-6-4-14(23)10-19(18)32-2)17-5-3-13(22(24,25)26)9-15(17)21(29)31/h3-10H,11H2,1-2H3,(H,27,30). The Bertz CT molecular complexity index is 1270. The van der Waals surface area contributed by atoms with Gasteiger partial charge >= 0.3 is 6.18 Å². The van der Waals surface area contributed by atoms with Gasteiger partial charge in [-0.1, -0.05) is 0 Å². The molecule has 1 N–H and O–H groups in total. The number of carbonyl (C=O) groups excluding carboxylic acids is 1. The first-order valence-corrected chi connectivity index (χ1v) is 9.44. The molecule has 1 aromatic heterocycles. The number of amides is 1. The molecule has 0 spiro atoms. The summed E-state index contributed by atoms with van der Waals surface area (Å²) in [6.07, 6.45) is -4.65. The van der Waals surface area contributed by atoms with Crippen LogP contribution in [-0.4, -0.2) is 24.7 Å². The zero-order valence-corrected chi connectivity index (χ0v) is 17.0. The third-order valence-corrected chi connectivity index (χ3v) is 5.18. The maximum atomic E-state index is 13.8. The van der Waals surface area contributed by atoms with Crippen LogP contribution in [0.3, 0.4) is 0 Å². The van der Waals surface area contributed by atoms with E-state index >= 15 is 0 Å². The van der Waals surface area contributed by atoms with E-state index in [9.17, 15) is 27.2 Å². The molecule has 0 aliphatic carbocycles. The first-order chi connectivity index (χ1) is 15.1. The lowest BCUT2D eigenvalue weighted by atomic mass is 10.0. The van der Waals surface area contributed by atoms with Gasteiger partial charge in [-0.05, 0) is 43.3 Å². The number of anilines is 3. The van der Waals surface area contributed by atoms with Crippen molar-refractivity contribution < 1.29 is 27.1 Å². The molecule has 166 valence electrons. The number of alkyl halides is 3. The van der Waals surface area contributed by atoms with Crippen molar-refractivity contribution in [3.8, 4) is 5.75 Å². The quantitative estimate of drug-likeness (QED) is 0.596. The van der Waals surface area contributed by atoms with Crippen molar-refractivity contribution in [1.29, 1.82) is 0 Å². The molecule has 1 aliphatic rings. The van der Waals surface area contributed by atoms with Crippen molar-refractivity contribution in [3.05, 3.63) is 81.5 Å². The summed E-state index contributed by atoms with van der Waals surface area (Å²) in [7, 11) is 1.34. The SMILES string of the molecule is COc1cc(F)ccc1N1CN(c2ccc(=O)[nH]c2C)C(=O)c2cc(C(F)(F)F)ccc21. The largest absolute Gasteiger partial charge is 0.494 e. The van der Waals surface area contributed by atoms with Gasteiger partial charge in [0.05, 0.1) is 35.3 Å². The average Bonchev–Trinajstić information content (AvgIpc) is 2.74. The third kappa shape index (κ3) is 3.68. The molecule has 4 rings (SSSR count). The van der Waals surface area contributed by atoms with Gasteiger partial charge < -0.3 is 14.6 Å². The molecule has 0 radical (unpaired) electrons. The summed E-state index contributed by atoms with van der Waals surface area (Å²) in [5.74, 6) is -1.08. The number of aromatic nitrogens is 1. The maximum absolute atomic E-state index is 13.8. The molecule has 0 bridgehead atoms. The summed E-state index contributed by atoms with van der Waals surface area (Å²) in [4.78, 5) is 30.3. The van der Waals surface area contributed by atoms with Crippen LogP contribution in [0.1, 0.15) is 21.6 Å². The van der Waals surface area contributed by atoms with Gasteiger partial charge in [-0.25, -0.2) is 4.39 Å². The van der Waals surface area contributed by atoms with Crippen LogP contribution in [0, 0.1) is 12.7 Å². The van der Waals surface area contributed by atoms with Gasteiger partial charge in [-0.15, -0.1) is 0 Å². The number of aromatic amines is 1. The van der Waals surface area contributed by atoms with Crippen LogP contribution in [0.4, 0.5) is 34.6 Å². The lowest BCUT2D eigenvalue weighted by Crippen LogP contribution is -2.45. The van der Waals surface area contributed by atoms with Crippen molar-refractivity contribution >= 4 is 23.0 Å². The lowest BCUT2D eigenvalue weighted by Gasteiger charge is -2.39. The topological polar surface area (TPSA) is 65.6 Å². The zero-order valence-electron chi connectivity index (χ0n) is 17.0. The monoisotopic (exact) mass is 447 g/mol. The second-order valence-electron chi connectivity index (χ2n) is 7.18. The van der Waals surface area contributed by atoms with E-state index in [0.29, 0.717) is 17.1 Å². The van der Waals surface area contributed by atoms with Gasteiger partial charge in [-0.3, -0.25) is 14.5 Å². The fourth-order valence-electron chi connectivity index (χ4n) is 3.67. The summed E-state index contributed by atoms with van der Waals surface area (Å²) in [5.41, 5.74) is -0.289. The van der Waals surface area contributed by atoms with E-state index in [2.05, 4.69) is 4.98 Å². The van der Waals surface area contributed by atoms with Gasteiger partial charge in [-0.2, -0.15) is 13.2 Å². The number of hydrogen-bond acceptors (Lipinski definition) is 4. The van der Waals surface area contributed by atoms with Crippen LogP contribution in [0.2, 0.25) is 0 Å². The number of halogens is 4. The smallest absolute Gasteiger partial charge is 0.416 e. The molecule has 0 atom stereocenters. The second kappa shape index (κ2) is 7.70. The number of hydrogen-bond donors (Lipinski definition) is 1. The van der Waals surface area contributed by atoms with Crippen molar-refractivity contribution in [1.82, 2.24) is 4.98 Å². The number of fused-ring (bicyclic) bond motifs is 1.